The summed E-state index contributed by atoms with van der Waals surface area (Å²) in [5, 5.41) is 10.4. The summed E-state index contributed by atoms with van der Waals surface area (Å²) >= 11 is 0. The fourth-order valence-corrected chi connectivity index (χ4v) is 2.24. The molecule has 0 bridgehead atoms. The molecule has 2 unspecified atom stereocenters. The number of rotatable bonds is 4. The van der Waals surface area contributed by atoms with Crippen molar-refractivity contribution in [1.29, 1.82) is 0 Å². The van der Waals surface area contributed by atoms with E-state index < -0.39 is 0 Å². The van der Waals surface area contributed by atoms with Gasteiger partial charge in [0.15, 0.2) is 0 Å². The molecule has 0 saturated carbocycles. The zero-order valence-corrected chi connectivity index (χ0v) is 10.2. The van der Waals surface area contributed by atoms with Crippen LogP contribution in [0.5, 0.6) is 0 Å². The second kappa shape index (κ2) is 5.82. The molecule has 1 amide bonds. The molecule has 1 saturated heterocycles. The first-order chi connectivity index (χ1) is 8.25. The third-order valence-electron chi connectivity index (χ3n) is 3.19. The number of carbonyl (C=O) groups excluding carboxylic acids is 1. The first-order valence-electron chi connectivity index (χ1n) is 6.24. The van der Waals surface area contributed by atoms with E-state index in [9.17, 15) is 4.79 Å². The highest BCUT2D eigenvalue weighted by Crippen LogP contribution is 2.15. The molecule has 1 fully saturated rings. The molecule has 1 aromatic rings. The number of nitrogens with one attached hydrogen (secondary N) is 2. The fraction of sp³-hybridized carbons (Fsp3) is 0.667. The van der Waals surface area contributed by atoms with Crippen LogP contribution in [-0.4, -0.2) is 34.8 Å². The molecule has 5 heteroatoms. The maximum atomic E-state index is 11.9. The molecule has 1 aliphatic rings. The summed E-state index contributed by atoms with van der Waals surface area (Å²) in [6.45, 7) is 4.46. The van der Waals surface area contributed by atoms with E-state index >= 15 is 0 Å². The lowest BCUT2D eigenvalue weighted by Gasteiger charge is -2.27. The maximum absolute atomic E-state index is 11.9. The van der Waals surface area contributed by atoms with Crippen molar-refractivity contribution >= 4 is 5.91 Å². The molecule has 1 aromatic heterocycles. The van der Waals surface area contributed by atoms with Crippen LogP contribution < -0.4 is 10.6 Å². The Bertz CT molecular complexity index is 349. The number of amides is 1. The zero-order chi connectivity index (χ0) is 12.1. The summed E-state index contributed by atoms with van der Waals surface area (Å²) in [5.41, 5.74) is 0. The van der Waals surface area contributed by atoms with E-state index in [4.69, 9.17) is 0 Å². The summed E-state index contributed by atoms with van der Waals surface area (Å²) in [7, 11) is 0. The summed E-state index contributed by atoms with van der Waals surface area (Å²) in [6, 6.07) is 2.33. The molecule has 2 atom stereocenters. The van der Waals surface area contributed by atoms with Gasteiger partial charge < -0.3 is 10.6 Å². The highest BCUT2D eigenvalue weighted by Gasteiger charge is 2.24. The Balaban J connectivity index is 1.70. The van der Waals surface area contributed by atoms with Gasteiger partial charge in [0.05, 0.1) is 6.54 Å². The van der Waals surface area contributed by atoms with E-state index in [0.29, 0.717) is 12.6 Å². The molecule has 0 spiro atoms. The lowest BCUT2D eigenvalue weighted by atomic mass is 9.92. The topological polar surface area (TPSA) is 59.0 Å². The van der Waals surface area contributed by atoms with Crippen molar-refractivity contribution in [3.8, 4) is 0 Å². The third-order valence-corrected chi connectivity index (χ3v) is 3.19. The Kier molecular flexibility index (Phi) is 4.14. The lowest BCUT2D eigenvalue weighted by molar-refractivity contribution is -0.126. The van der Waals surface area contributed by atoms with Crippen LogP contribution in [0.4, 0.5) is 0 Å². The minimum atomic E-state index is 0.170. The number of nitrogens with zero attached hydrogens (tertiary/aromatic N) is 2. The van der Waals surface area contributed by atoms with Crippen LogP contribution in [0.3, 0.4) is 0 Å². The van der Waals surface area contributed by atoms with Gasteiger partial charge in [-0.25, -0.2) is 0 Å². The van der Waals surface area contributed by atoms with E-state index in [2.05, 4.69) is 22.7 Å². The third kappa shape index (κ3) is 3.56. The van der Waals surface area contributed by atoms with Crippen LogP contribution in [0, 0.1) is 5.92 Å². The standard InChI is InChI=1S/C12H20N4O/c1-10-9-11(3-5-13-10)12(17)14-6-8-16-7-2-4-15-16/h2,4,7,10-11,13H,3,5-6,8-9H2,1H3,(H,14,17). The van der Waals surface area contributed by atoms with Crippen molar-refractivity contribution < 1.29 is 4.79 Å². The highest BCUT2D eigenvalue weighted by atomic mass is 16.1. The van der Waals surface area contributed by atoms with Crippen molar-refractivity contribution in [2.75, 3.05) is 13.1 Å². The Hall–Kier alpha value is -1.36. The van der Waals surface area contributed by atoms with Gasteiger partial charge in [0, 0.05) is 30.9 Å². The van der Waals surface area contributed by atoms with Gasteiger partial charge in [0.25, 0.3) is 0 Å². The smallest absolute Gasteiger partial charge is 0.223 e. The number of aromatic nitrogens is 2. The molecule has 2 heterocycles. The van der Waals surface area contributed by atoms with Crippen LogP contribution in [-0.2, 0) is 11.3 Å². The minimum Gasteiger partial charge on any atom is -0.354 e. The number of hydrogen-bond acceptors (Lipinski definition) is 3. The predicted octanol–water partition coefficient (Wildman–Crippen LogP) is 0.387. The molecular weight excluding hydrogens is 216 g/mol. The van der Waals surface area contributed by atoms with Crippen molar-refractivity contribution in [3.05, 3.63) is 18.5 Å². The summed E-state index contributed by atoms with van der Waals surface area (Å²) in [6.07, 6.45) is 5.53. The molecule has 17 heavy (non-hydrogen) atoms. The normalized spacial score (nSPS) is 24.5. The molecule has 0 radical (unpaired) electrons. The zero-order valence-electron chi connectivity index (χ0n) is 10.2. The lowest BCUT2D eigenvalue weighted by Crippen LogP contribution is -2.43. The summed E-state index contributed by atoms with van der Waals surface area (Å²) in [5.74, 6) is 0.356. The molecule has 1 aliphatic heterocycles. The molecule has 94 valence electrons. The van der Waals surface area contributed by atoms with Gasteiger partial charge >= 0.3 is 0 Å². The summed E-state index contributed by atoms with van der Waals surface area (Å²) < 4.78 is 1.82. The van der Waals surface area contributed by atoms with Gasteiger partial charge in [-0.15, -0.1) is 0 Å². The highest BCUT2D eigenvalue weighted by molar-refractivity contribution is 5.78. The first kappa shape index (κ1) is 12.1. The molecule has 5 nitrogen and oxygen atoms in total. The molecule has 2 N–H and O–H groups in total. The van der Waals surface area contributed by atoms with Crippen LogP contribution >= 0.6 is 0 Å². The Morgan fingerprint density at radius 2 is 2.53 bits per heavy atom. The maximum Gasteiger partial charge on any atom is 0.223 e. The van der Waals surface area contributed by atoms with Gasteiger partial charge in [-0.2, -0.15) is 5.10 Å². The minimum absolute atomic E-state index is 0.170. The molecule has 0 aromatic carbocycles. The van der Waals surface area contributed by atoms with Crippen LogP contribution in [0.2, 0.25) is 0 Å². The summed E-state index contributed by atoms with van der Waals surface area (Å²) in [4.78, 5) is 11.9. The van der Waals surface area contributed by atoms with E-state index in [1.807, 2.05) is 16.9 Å². The predicted molar refractivity (Wildman–Crippen MR) is 65.4 cm³/mol. The van der Waals surface area contributed by atoms with Crippen molar-refractivity contribution in [1.82, 2.24) is 20.4 Å². The van der Waals surface area contributed by atoms with E-state index in [0.717, 1.165) is 25.9 Å². The van der Waals surface area contributed by atoms with E-state index in [-0.39, 0.29) is 11.8 Å². The monoisotopic (exact) mass is 236 g/mol. The van der Waals surface area contributed by atoms with E-state index in [1.54, 1.807) is 6.20 Å². The average molecular weight is 236 g/mol. The molecule has 0 aliphatic carbocycles. The molecule has 2 rings (SSSR count). The Morgan fingerprint density at radius 3 is 3.24 bits per heavy atom. The van der Waals surface area contributed by atoms with Crippen LogP contribution in [0.15, 0.2) is 18.5 Å². The van der Waals surface area contributed by atoms with Crippen molar-refractivity contribution in [3.63, 3.8) is 0 Å². The second-order valence-electron chi connectivity index (χ2n) is 4.64. The van der Waals surface area contributed by atoms with Gasteiger partial charge in [-0.05, 0) is 32.4 Å². The van der Waals surface area contributed by atoms with Crippen molar-refractivity contribution in [2.45, 2.75) is 32.4 Å². The Labute approximate surface area is 102 Å². The van der Waals surface area contributed by atoms with Gasteiger partial charge in [0.1, 0.15) is 0 Å². The van der Waals surface area contributed by atoms with Gasteiger partial charge in [-0.3, -0.25) is 9.48 Å². The van der Waals surface area contributed by atoms with Gasteiger partial charge in [0.2, 0.25) is 5.91 Å². The van der Waals surface area contributed by atoms with Crippen LogP contribution in [0.1, 0.15) is 19.8 Å². The second-order valence-corrected chi connectivity index (χ2v) is 4.64. The first-order valence-corrected chi connectivity index (χ1v) is 6.24. The Morgan fingerprint density at radius 1 is 1.65 bits per heavy atom. The SMILES string of the molecule is CC1CC(C(=O)NCCn2cccn2)CCN1. The fourth-order valence-electron chi connectivity index (χ4n) is 2.24. The van der Waals surface area contributed by atoms with Crippen LogP contribution in [0.25, 0.3) is 0 Å². The van der Waals surface area contributed by atoms with E-state index in [1.165, 1.54) is 0 Å². The molecular formula is C12H20N4O. The quantitative estimate of drug-likeness (QED) is 0.795. The average Bonchev–Trinajstić information content (AvgIpc) is 2.82. The number of piperidine rings is 1. The largest absolute Gasteiger partial charge is 0.354 e. The van der Waals surface area contributed by atoms with Crippen molar-refractivity contribution in [2.24, 2.45) is 5.92 Å². The van der Waals surface area contributed by atoms with Gasteiger partial charge in [-0.1, -0.05) is 0 Å². The number of carbonyl (C=O) groups is 1. The number of hydrogen-bond donors (Lipinski definition) is 2.